The largest absolute Gasteiger partial charge is 0.379 e. The first-order chi connectivity index (χ1) is 8.14. The Bertz CT molecular complexity index is 216. The van der Waals surface area contributed by atoms with E-state index in [-0.39, 0.29) is 11.7 Å². The number of unbranched alkanes of at least 4 members (excludes halogenated alkanes) is 3. The van der Waals surface area contributed by atoms with Crippen molar-refractivity contribution in [2.24, 2.45) is 0 Å². The van der Waals surface area contributed by atoms with Crippen molar-refractivity contribution in [3.63, 3.8) is 0 Å². The summed E-state index contributed by atoms with van der Waals surface area (Å²) in [6.45, 7) is 11.3. The number of rotatable bonds is 8. The molecule has 0 aromatic carbocycles. The maximum atomic E-state index is 5.92. The molecule has 3 nitrogen and oxygen atoms in total. The number of morpholine rings is 1. The summed E-state index contributed by atoms with van der Waals surface area (Å²) in [7, 11) is 0. The summed E-state index contributed by atoms with van der Waals surface area (Å²) < 4.78 is 11.6. The lowest BCUT2D eigenvalue weighted by molar-refractivity contribution is -0.120. The van der Waals surface area contributed by atoms with Gasteiger partial charge in [0.05, 0.1) is 18.3 Å². The predicted molar refractivity (Wildman–Crippen MR) is 71.3 cm³/mol. The zero-order chi connectivity index (χ0) is 12.6. The molecule has 0 saturated carbocycles. The molecular formula is C14H27NO2. The summed E-state index contributed by atoms with van der Waals surface area (Å²) in [6, 6.07) is 0. The highest BCUT2D eigenvalue weighted by atomic mass is 16.5. The highest BCUT2D eigenvalue weighted by Gasteiger charge is 2.28. The van der Waals surface area contributed by atoms with Crippen LogP contribution in [0, 0.1) is 0 Å². The lowest BCUT2D eigenvalue weighted by Gasteiger charge is -2.36. The molecule has 0 amide bonds. The van der Waals surface area contributed by atoms with Crippen molar-refractivity contribution in [3.05, 3.63) is 12.7 Å². The van der Waals surface area contributed by atoms with Gasteiger partial charge in [-0.15, -0.1) is 6.58 Å². The van der Waals surface area contributed by atoms with Crippen LogP contribution < -0.4 is 5.32 Å². The molecule has 1 aliphatic rings. The van der Waals surface area contributed by atoms with Gasteiger partial charge < -0.3 is 14.8 Å². The lowest BCUT2D eigenvalue weighted by Crippen LogP contribution is -2.51. The summed E-state index contributed by atoms with van der Waals surface area (Å²) in [6.07, 6.45) is 6.88. The van der Waals surface area contributed by atoms with Gasteiger partial charge in [-0.1, -0.05) is 12.5 Å². The van der Waals surface area contributed by atoms with Crippen molar-refractivity contribution < 1.29 is 9.47 Å². The standard InChI is InChI=1S/C14H27NO2/c1-4-5-6-7-8-9-16-11-13-10-15-12-14(2,3)17-13/h4,13,15H,1,5-12H2,2-3H3. The number of nitrogens with one attached hydrogen (secondary N) is 1. The molecule has 1 saturated heterocycles. The second-order valence-corrected chi connectivity index (χ2v) is 5.34. The highest BCUT2D eigenvalue weighted by molar-refractivity contribution is 4.81. The molecule has 1 rings (SSSR count). The fraction of sp³-hybridized carbons (Fsp3) is 0.857. The van der Waals surface area contributed by atoms with Gasteiger partial charge >= 0.3 is 0 Å². The molecule has 100 valence electrons. The molecule has 1 heterocycles. The van der Waals surface area contributed by atoms with E-state index in [2.05, 4.69) is 25.7 Å². The van der Waals surface area contributed by atoms with Crippen LogP contribution in [0.4, 0.5) is 0 Å². The third-order valence-corrected chi connectivity index (χ3v) is 2.91. The van der Waals surface area contributed by atoms with Gasteiger partial charge in [0.1, 0.15) is 0 Å². The van der Waals surface area contributed by atoms with Crippen LogP contribution in [0.2, 0.25) is 0 Å². The Hall–Kier alpha value is -0.380. The lowest BCUT2D eigenvalue weighted by atomic mass is 10.1. The fourth-order valence-electron chi connectivity index (χ4n) is 2.05. The summed E-state index contributed by atoms with van der Waals surface area (Å²) in [5.41, 5.74) is -0.0593. The minimum absolute atomic E-state index is 0.0593. The molecule has 17 heavy (non-hydrogen) atoms. The maximum absolute atomic E-state index is 5.92. The number of hydrogen-bond acceptors (Lipinski definition) is 3. The van der Waals surface area contributed by atoms with Crippen LogP contribution in [-0.4, -0.2) is 38.0 Å². The van der Waals surface area contributed by atoms with E-state index in [1.807, 2.05) is 6.08 Å². The van der Waals surface area contributed by atoms with Gasteiger partial charge in [-0.05, 0) is 33.1 Å². The molecule has 1 atom stereocenters. The number of hydrogen-bond donors (Lipinski definition) is 1. The molecule has 0 radical (unpaired) electrons. The molecule has 1 N–H and O–H groups in total. The summed E-state index contributed by atoms with van der Waals surface area (Å²) in [4.78, 5) is 0. The van der Waals surface area contributed by atoms with Crippen molar-refractivity contribution >= 4 is 0 Å². The predicted octanol–water partition coefficient (Wildman–Crippen LogP) is 2.52. The molecule has 0 bridgehead atoms. The van der Waals surface area contributed by atoms with Gasteiger partial charge in [-0.3, -0.25) is 0 Å². The Kier molecular flexibility index (Phi) is 6.78. The van der Waals surface area contributed by atoms with Crippen LogP contribution in [0.15, 0.2) is 12.7 Å². The van der Waals surface area contributed by atoms with E-state index in [1.54, 1.807) is 0 Å². The van der Waals surface area contributed by atoms with Crippen LogP contribution in [-0.2, 0) is 9.47 Å². The fourth-order valence-corrected chi connectivity index (χ4v) is 2.05. The molecule has 1 unspecified atom stereocenters. The Morgan fingerprint density at radius 2 is 2.24 bits per heavy atom. The minimum Gasteiger partial charge on any atom is -0.379 e. The van der Waals surface area contributed by atoms with Crippen molar-refractivity contribution in [1.82, 2.24) is 5.32 Å². The van der Waals surface area contributed by atoms with Gasteiger partial charge in [-0.25, -0.2) is 0 Å². The van der Waals surface area contributed by atoms with Crippen molar-refractivity contribution in [2.45, 2.75) is 51.2 Å². The Labute approximate surface area is 106 Å². The van der Waals surface area contributed by atoms with Gasteiger partial charge in [-0.2, -0.15) is 0 Å². The highest BCUT2D eigenvalue weighted by Crippen LogP contribution is 2.15. The van der Waals surface area contributed by atoms with E-state index in [9.17, 15) is 0 Å². The van der Waals surface area contributed by atoms with Crippen LogP contribution in [0.25, 0.3) is 0 Å². The monoisotopic (exact) mass is 241 g/mol. The van der Waals surface area contributed by atoms with Crippen molar-refractivity contribution in [1.29, 1.82) is 0 Å². The molecule has 0 aliphatic carbocycles. The third kappa shape index (κ3) is 6.81. The number of allylic oxidation sites excluding steroid dienone is 1. The average molecular weight is 241 g/mol. The van der Waals surface area contributed by atoms with Gasteiger partial charge in [0.2, 0.25) is 0 Å². The Balaban J connectivity index is 1.97. The molecule has 0 aromatic rings. The molecule has 1 aliphatic heterocycles. The smallest absolute Gasteiger partial charge is 0.0940 e. The van der Waals surface area contributed by atoms with E-state index < -0.39 is 0 Å². The second kappa shape index (κ2) is 7.85. The summed E-state index contributed by atoms with van der Waals surface area (Å²) in [5, 5.41) is 3.38. The molecule has 1 fully saturated rings. The normalized spacial score (nSPS) is 23.5. The van der Waals surface area contributed by atoms with Gasteiger partial charge in [0, 0.05) is 19.7 Å². The SMILES string of the molecule is C=CCCCCCOCC1CNCC(C)(C)O1. The zero-order valence-electron chi connectivity index (χ0n) is 11.3. The topological polar surface area (TPSA) is 30.5 Å². The van der Waals surface area contributed by atoms with Crippen molar-refractivity contribution in [2.75, 3.05) is 26.3 Å². The second-order valence-electron chi connectivity index (χ2n) is 5.34. The first-order valence-corrected chi connectivity index (χ1v) is 6.71. The Morgan fingerprint density at radius 3 is 2.94 bits per heavy atom. The molecule has 0 aromatic heterocycles. The van der Waals surface area contributed by atoms with Gasteiger partial charge in [0.15, 0.2) is 0 Å². The van der Waals surface area contributed by atoms with Crippen molar-refractivity contribution in [3.8, 4) is 0 Å². The first kappa shape index (κ1) is 14.7. The van der Waals surface area contributed by atoms with E-state index in [0.29, 0.717) is 6.61 Å². The van der Waals surface area contributed by atoms with Gasteiger partial charge in [0.25, 0.3) is 0 Å². The zero-order valence-corrected chi connectivity index (χ0v) is 11.3. The van der Waals surface area contributed by atoms with Crippen LogP contribution in [0.5, 0.6) is 0 Å². The Morgan fingerprint density at radius 1 is 1.41 bits per heavy atom. The van der Waals surface area contributed by atoms with E-state index >= 15 is 0 Å². The van der Waals surface area contributed by atoms with Crippen LogP contribution in [0.3, 0.4) is 0 Å². The minimum atomic E-state index is -0.0593. The van der Waals surface area contributed by atoms with E-state index in [4.69, 9.17) is 9.47 Å². The van der Waals surface area contributed by atoms with Crippen LogP contribution >= 0.6 is 0 Å². The van der Waals surface area contributed by atoms with Crippen LogP contribution in [0.1, 0.15) is 39.5 Å². The van der Waals surface area contributed by atoms with E-state index in [0.717, 1.165) is 32.5 Å². The third-order valence-electron chi connectivity index (χ3n) is 2.91. The van der Waals surface area contributed by atoms with E-state index in [1.165, 1.54) is 12.8 Å². The first-order valence-electron chi connectivity index (χ1n) is 6.71. The molecule has 0 spiro atoms. The number of ether oxygens (including phenoxy) is 2. The molecular weight excluding hydrogens is 214 g/mol. The average Bonchev–Trinajstić information content (AvgIpc) is 2.27. The summed E-state index contributed by atoms with van der Waals surface area (Å²) >= 11 is 0. The molecule has 3 heteroatoms. The summed E-state index contributed by atoms with van der Waals surface area (Å²) in [5.74, 6) is 0. The maximum Gasteiger partial charge on any atom is 0.0940 e. The quantitative estimate of drug-likeness (QED) is 0.523.